The van der Waals surface area contributed by atoms with Crippen molar-refractivity contribution < 1.29 is 19.1 Å². The minimum atomic E-state index is -0.155. The largest absolute Gasteiger partial charge is 0.480 e. The van der Waals surface area contributed by atoms with Gasteiger partial charge in [-0.3, -0.25) is 9.59 Å². The molecule has 2 fully saturated rings. The molecule has 0 spiro atoms. The number of carbonyl (C=O) groups is 2. The number of methoxy groups -OCH3 is 1. The molecule has 0 saturated carbocycles. The maximum atomic E-state index is 13.4. The number of morpholine rings is 1. The number of fused-ring (bicyclic) bond motifs is 1. The van der Waals surface area contributed by atoms with Crippen LogP contribution in [0.1, 0.15) is 26.3 Å². The summed E-state index contributed by atoms with van der Waals surface area (Å²) in [6, 6.07) is 7.32. The molecule has 5 rings (SSSR count). The summed E-state index contributed by atoms with van der Waals surface area (Å²) < 4.78 is 12.9. The van der Waals surface area contributed by atoms with Gasteiger partial charge in [0, 0.05) is 54.8 Å². The average molecular weight is 515 g/mol. The molecule has 8 nitrogen and oxygen atoms in total. The van der Waals surface area contributed by atoms with Crippen LogP contribution in [0.4, 0.5) is 0 Å². The first-order valence-electron chi connectivity index (χ1n) is 11.5. The molecule has 35 heavy (non-hydrogen) atoms. The Balaban J connectivity index is 1.42. The van der Waals surface area contributed by atoms with E-state index in [9.17, 15) is 9.59 Å². The number of ether oxygens (including phenoxy) is 2. The number of halogens is 1. The Morgan fingerprint density at radius 1 is 1.23 bits per heavy atom. The van der Waals surface area contributed by atoms with Crippen LogP contribution in [0, 0.1) is 0 Å². The molecule has 2 saturated heterocycles. The number of rotatable bonds is 5. The lowest BCUT2D eigenvalue weighted by molar-refractivity contribution is -0.00158. The van der Waals surface area contributed by atoms with E-state index in [2.05, 4.69) is 15.7 Å². The molecule has 4 heterocycles. The third-order valence-corrected chi connectivity index (χ3v) is 7.79. The predicted molar refractivity (Wildman–Crippen MR) is 136 cm³/mol. The minimum Gasteiger partial charge on any atom is -0.480 e. The van der Waals surface area contributed by atoms with Crippen LogP contribution >= 0.6 is 23.4 Å². The van der Waals surface area contributed by atoms with Crippen molar-refractivity contribution in [1.29, 1.82) is 0 Å². The van der Waals surface area contributed by atoms with Gasteiger partial charge in [-0.15, -0.1) is 11.8 Å². The summed E-state index contributed by atoms with van der Waals surface area (Å²) in [4.78, 5) is 34.2. The van der Waals surface area contributed by atoms with Crippen LogP contribution in [0.2, 0.25) is 5.02 Å². The zero-order valence-corrected chi connectivity index (χ0v) is 21.3. The maximum Gasteiger partial charge on any atom is 0.255 e. The lowest BCUT2D eigenvalue weighted by Crippen LogP contribution is -2.49. The van der Waals surface area contributed by atoms with Gasteiger partial charge >= 0.3 is 0 Å². The van der Waals surface area contributed by atoms with Gasteiger partial charge < -0.3 is 23.8 Å². The molecule has 2 amide bonds. The molecule has 2 aliphatic rings. The Morgan fingerprint density at radius 2 is 2.09 bits per heavy atom. The molecule has 3 aromatic rings. The van der Waals surface area contributed by atoms with Crippen LogP contribution in [0.5, 0.6) is 5.88 Å². The summed E-state index contributed by atoms with van der Waals surface area (Å²) in [5.74, 6) is 1.92. The fraction of sp³-hybridized carbons (Fsp3) is 0.400. The van der Waals surface area contributed by atoms with Gasteiger partial charge in [0.1, 0.15) is 5.02 Å². The van der Waals surface area contributed by atoms with E-state index in [1.54, 1.807) is 17.8 Å². The second kappa shape index (κ2) is 10.1. The molecule has 0 aliphatic carbocycles. The number of pyridine rings is 1. The first-order valence-corrected chi connectivity index (χ1v) is 13.0. The molecular weight excluding hydrogens is 488 g/mol. The van der Waals surface area contributed by atoms with Crippen LogP contribution in [0.15, 0.2) is 36.7 Å². The van der Waals surface area contributed by atoms with Crippen LogP contribution in [-0.4, -0.2) is 82.2 Å². The van der Waals surface area contributed by atoms with Crippen LogP contribution in [0.3, 0.4) is 0 Å². The Hall–Kier alpha value is -2.75. The van der Waals surface area contributed by atoms with Gasteiger partial charge in [0.25, 0.3) is 11.8 Å². The predicted octanol–water partition coefficient (Wildman–Crippen LogP) is 3.47. The molecule has 184 valence electrons. The van der Waals surface area contributed by atoms with E-state index in [0.717, 1.165) is 34.6 Å². The summed E-state index contributed by atoms with van der Waals surface area (Å²) in [5, 5.41) is 1.32. The highest BCUT2D eigenvalue weighted by Gasteiger charge is 2.30. The van der Waals surface area contributed by atoms with Gasteiger partial charge in [0.05, 0.1) is 37.8 Å². The summed E-state index contributed by atoms with van der Waals surface area (Å²) in [7, 11) is 3.48. The van der Waals surface area contributed by atoms with Crippen molar-refractivity contribution in [2.24, 2.45) is 7.05 Å². The van der Waals surface area contributed by atoms with Gasteiger partial charge in [-0.2, -0.15) is 0 Å². The highest BCUT2D eigenvalue weighted by molar-refractivity contribution is 7.99. The number of hydrogen-bond acceptors (Lipinski definition) is 6. The van der Waals surface area contributed by atoms with Gasteiger partial charge in [0.15, 0.2) is 0 Å². The molecule has 0 bridgehead atoms. The molecule has 0 radical (unpaired) electrons. The molecule has 1 aromatic carbocycles. The van der Waals surface area contributed by atoms with Crippen LogP contribution in [0.25, 0.3) is 10.9 Å². The lowest BCUT2D eigenvalue weighted by Gasteiger charge is -2.35. The topological polar surface area (TPSA) is 76.9 Å². The molecular formula is C25H27ClN4O4S. The highest BCUT2D eigenvalue weighted by atomic mass is 35.5. The Kier molecular flexibility index (Phi) is 6.91. The Bertz CT molecular complexity index is 1270. The van der Waals surface area contributed by atoms with E-state index < -0.39 is 0 Å². The molecule has 2 aromatic heterocycles. The van der Waals surface area contributed by atoms with Gasteiger partial charge in [-0.1, -0.05) is 11.6 Å². The third-order valence-electron chi connectivity index (χ3n) is 6.55. The number of aryl methyl sites for hydroxylation is 1. The van der Waals surface area contributed by atoms with Gasteiger partial charge in [-0.05, 0) is 36.2 Å². The maximum absolute atomic E-state index is 13.4. The smallest absolute Gasteiger partial charge is 0.255 e. The Morgan fingerprint density at radius 3 is 2.83 bits per heavy atom. The van der Waals surface area contributed by atoms with E-state index >= 15 is 0 Å². The average Bonchev–Trinajstić information content (AvgIpc) is 3.52. The SMILES string of the molecule is COc1ncc(C(=O)N2CCOC[C@@H]2Cc2cn(C)c3ccc(C(=O)N4CCSC4)cc23)cc1Cl. The van der Waals surface area contributed by atoms with E-state index in [0.29, 0.717) is 42.3 Å². The summed E-state index contributed by atoms with van der Waals surface area (Å²) in [5.41, 5.74) is 3.23. The first kappa shape index (κ1) is 24.0. The van der Waals surface area contributed by atoms with Crippen molar-refractivity contribution in [3.05, 3.63) is 58.4 Å². The van der Waals surface area contributed by atoms with E-state index in [1.165, 1.54) is 13.3 Å². The first-order chi connectivity index (χ1) is 17.0. The molecule has 1 atom stereocenters. The van der Waals surface area contributed by atoms with Crippen molar-refractivity contribution in [3.8, 4) is 5.88 Å². The number of thioether (sulfide) groups is 1. The number of nitrogens with zero attached hydrogens (tertiary/aromatic N) is 4. The lowest BCUT2D eigenvalue weighted by atomic mass is 10.0. The second-order valence-corrected chi connectivity index (χ2v) is 10.2. The summed E-state index contributed by atoms with van der Waals surface area (Å²) in [6.07, 6.45) is 4.18. The fourth-order valence-electron chi connectivity index (χ4n) is 4.73. The van der Waals surface area contributed by atoms with Crippen LogP contribution < -0.4 is 4.74 Å². The molecule has 2 aliphatic heterocycles. The van der Waals surface area contributed by atoms with Gasteiger partial charge in [-0.25, -0.2) is 4.98 Å². The van der Waals surface area contributed by atoms with Crippen LogP contribution in [-0.2, 0) is 18.2 Å². The van der Waals surface area contributed by atoms with Crippen molar-refractivity contribution in [2.45, 2.75) is 12.5 Å². The minimum absolute atomic E-state index is 0.0633. The zero-order chi connectivity index (χ0) is 24.5. The van der Waals surface area contributed by atoms with E-state index in [-0.39, 0.29) is 23.7 Å². The van der Waals surface area contributed by atoms with E-state index in [1.807, 2.05) is 35.0 Å². The second-order valence-electron chi connectivity index (χ2n) is 8.75. The normalized spacial score (nSPS) is 18.3. The summed E-state index contributed by atoms with van der Waals surface area (Å²) >= 11 is 7.99. The molecule has 0 N–H and O–H groups in total. The molecule has 0 unspecified atom stereocenters. The van der Waals surface area contributed by atoms with Crippen molar-refractivity contribution >= 4 is 46.1 Å². The number of aromatic nitrogens is 2. The summed E-state index contributed by atoms with van der Waals surface area (Å²) in [6.45, 7) is 2.17. The highest BCUT2D eigenvalue weighted by Crippen LogP contribution is 2.28. The monoisotopic (exact) mass is 514 g/mol. The quantitative estimate of drug-likeness (QED) is 0.519. The number of benzene rings is 1. The number of carbonyl (C=O) groups excluding carboxylic acids is 2. The third kappa shape index (κ3) is 4.72. The van der Waals surface area contributed by atoms with Gasteiger partial charge in [0.2, 0.25) is 5.88 Å². The molecule has 10 heteroatoms. The zero-order valence-electron chi connectivity index (χ0n) is 19.7. The standard InChI is InChI=1S/C25H27ClN4O4S/c1-28-13-18(20-10-16(3-4-22(20)28)24(31)29-6-8-35-15-29)9-19-14-34-7-5-30(19)25(32)17-11-21(26)23(33-2)27-12-17/h3-4,10-13,19H,5-9,14-15H2,1-2H3/t19-/m0/s1. The number of amides is 2. The number of hydrogen-bond donors (Lipinski definition) is 0. The fourth-order valence-corrected chi connectivity index (χ4v) is 5.92. The van der Waals surface area contributed by atoms with Crippen molar-refractivity contribution in [2.75, 3.05) is 45.0 Å². The Labute approximate surface area is 213 Å². The van der Waals surface area contributed by atoms with Crippen molar-refractivity contribution in [3.63, 3.8) is 0 Å². The van der Waals surface area contributed by atoms with E-state index in [4.69, 9.17) is 21.1 Å². The van der Waals surface area contributed by atoms with Crippen molar-refractivity contribution in [1.82, 2.24) is 19.4 Å².